The highest BCUT2D eigenvalue weighted by Gasteiger charge is 2.15. The minimum atomic E-state index is -0.677. The molecule has 0 radical (unpaired) electrons. The maximum atomic E-state index is 10.3. The molecule has 2 aromatic rings. The number of ether oxygens (including phenoxy) is 1. The van der Waals surface area contributed by atoms with E-state index < -0.39 is 6.10 Å². The van der Waals surface area contributed by atoms with E-state index in [0.717, 1.165) is 15.6 Å². The van der Waals surface area contributed by atoms with Crippen LogP contribution in [0, 0.1) is 0 Å². The van der Waals surface area contributed by atoms with Gasteiger partial charge in [-0.15, -0.1) is 0 Å². The van der Waals surface area contributed by atoms with Crippen molar-refractivity contribution in [2.75, 3.05) is 7.11 Å². The summed E-state index contributed by atoms with van der Waals surface area (Å²) in [4.78, 5) is 0. The van der Waals surface area contributed by atoms with Gasteiger partial charge in [0.05, 0.1) is 7.11 Å². The molecule has 2 nitrogen and oxygen atoms in total. The van der Waals surface area contributed by atoms with Crippen molar-refractivity contribution in [3.63, 3.8) is 0 Å². The maximum absolute atomic E-state index is 10.3. The van der Waals surface area contributed by atoms with Crippen molar-refractivity contribution in [1.29, 1.82) is 0 Å². The van der Waals surface area contributed by atoms with Crippen LogP contribution in [-0.4, -0.2) is 12.2 Å². The fourth-order valence-corrected chi connectivity index (χ4v) is 2.11. The van der Waals surface area contributed by atoms with E-state index >= 15 is 0 Å². The van der Waals surface area contributed by atoms with Crippen molar-refractivity contribution < 1.29 is 9.84 Å². The van der Waals surface area contributed by atoms with Gasteiger partial charge >= 0.3 is 0 Å². The number of aliphatic hydroxyl groups excluding tert-OH is 1. The second-order valence-electron chi connectivity index (χ2n) is 3.70. The Labute approximate surface area is 109 Å². The van der Waals surface area contributed by atoms with Crippen LogP contribution < -0.4 is 4.74 Å². The van der Waals surface area contributed by atoms with Crippen LogP contribution in [0.1, 0.15) is 17.2 Å². The number of rotatable bonds is 3. The molecule has 17 heavy (non-hydrogen) atoms. The maximum Gasteiger partial charge on any atom is 0.125 e. The van der Waals surface area contributed by atoms with Gasteiger partial charge in [-0.3, -0.25) is 0 Å². The molecule has 0 amide bonds. The van der Waals surface area contributed by atoms with Crippen molar-refractivity contribution in [2.24, 2.45) is 0 Å². The Kier molecular flexibility index (Phi) is 3.82. The topological polar surface area (TPSA) is 29.5 Å². The van der Waals surface area contributed by atoms with Crippen molar-refractivity contribution in [3.05, 3.63) is 64.1 Å². The SMILES string of the molecule is COc1ccc(Br)cc1[C@@H](O)c1ccccc1. The number of aliphatic hydroxyl groups is 1. The second-order valence-corrected chi connectivity index (χ2v) is 4.62. The van der Waals surface area contributed by atoms with Gasteiger partial charge in [0.15, 0.2) is 0 Å². The molecule has 2 aromatic carbocycles. The van der Waals surface area contributed by atoms with Crippen LogP contribution in [0.25, 0.3) is 0 Å². The molecule has 1 N–H and O–H groups in total. The summed E-state index contributed by atoms with van der Waals surface area (Å²) in [5, 5.41) is 10.3. The summed E-state index contributed by atoms with van der Waals surface area (Å²) < 4.78 is 6.18. The summed E-state index contributed by atoms with van der Waals surface area (Å²) in [6, 6.07) is 15.1. The Morgan fingerprint density at radius 1 is 1.12 bits per heavy atom. The predicted octanol–water partition coefficient (Wildman–Crippen LogP) is 3.54. The smallest absolute Gasteiger partial charge is 0.125 e. The fourth-order valence-electron chi connectivity index (χ4n) is 1.73. The lowest BCUT2D eigenvalue weighted by molar-refractivity contribution is 0.214. The summed E-state index contributed by atoms with van der Waals surface area (Å²) in [7, 11) is 1.60. The van der Waals surface area contributed by atoms with E-state index in [1.54, 1.807) is 7.11 Å². The van der Waals surface area contributed by atoms with Crippen LogP contribution >= 0.6 is 15.9 Å². The van der Waals surface area contributed by atoms with Crippen molar-refractivity contribution in [2.45, 2.75) is 6.10 Å². The minimum absolute atomic E-state index is 0.677. The molecule has 0 saturated heterocycles. The predicted molar refractivity (Wildman–Crippen MR) is 71.2 cm³/mol. The molecule has 0 spiro atoms. The molecule has 0 heterocycles. The Morgan fingerprint density at radius 3 is 2.47 bits per heavy atom. The zero-order valence-electron chi connectivity index (χ0n) is 9.43. The van der Waals surface area contributed by atoms with Crippen LogP contribution in [0.4, 0.5) is 0 Å². The summed E-state index contributed by atoms with van der Waals surface area (Å²) >= 11 is 3.40. The molecule has 0 aromatic heterocycles. The summed E-state index contributed by atoms with van der Waals surface area (Å²) in [6.07, 6.45) is -0.677. The lowest BCUT2D eigenvalue weighted by Gasteiger charge is -2.15. The number of hydrogen-bond donors (Lipinski definition) is 1. The molecule has 2 rings (SSSR count). The summed E-state index contributed by atoms with van der Waals surface area (Å²) in [5.41, 5.74) is 1.61. The van der Waals surface area contributed by atoms with Gasteiger partial charge in [-0.25, -0.2) is 0 Å². The van der Waals surface area contributed by atoms with E-state index in [1.807, 2.05) is 48.5 Å². The monoisotopic (exact) mass is 292 g/mol. The van der Waals surface area contributed by atoms with Crippen LogP contribution in [0.15, 0.2) is 53.0 Å². The zero-order chi connectivity index (χ0) is 12.3. The first-order valence-electron chi connectivity index (χ1n) is 5.29. The molecule has 0 aliphatic rings. The highest BCUT2D eigenvalue weighted by Crippen LogP contribution is 2.32. The lowest BCUT2D eigenvalue weighted by Crippen LogP contribution is -2.02. The molecule has 0 unspecified atom stereocenters. The quantitative estimate of drug-likeness (QED) is 0.938. The first kappa shape index (κ1) is 12.1. The fraction of sp³-hybridized carbons (Fsp3) is 0.143. The minimum Gasteiger partial charge on any atom is -0.496 e. The summed E-state index contributed by atoms with van der Waals surface area (Å²) in [6.45, 7) is 0. The Balaban J connectivity index is 2.43. The van der Waals surface area contributed by atoms with Gasteiger partial charge in [0.25, 0.3) is 0 Å². The highest BCUT2D eigenvalue weighted by atomic mass is 79.9. The first-order valence-corrected chi connectivity index (χ1v) is 6.08. The molecule has 88 valence electrons. The summed E-state index contributed by atoms with van der Waals surface area (Å²) in [5.74, 6) is 0.685. The van der Waals surface area contributed by atoms with E-state index in [2.05, 4.69) is 15.9 Å². The molecule has 1 atom stereocenters. The molecule has 0 saturated carbocycles. The molecule has 0 fully saturated rings. The average Bonchev–Trinajstić information content (AvgIpc) is 2.39. The number of hydrogen-bond acceptors (Lipinski definition) is 2. The van der Waals surface area contributed by atoms with Gasteiger partial charge in [-0.2, -0.15) is 0 Å². The zero-order valence-corrected chi connectivity index (χ0v) is 11.0. The molecule has 0 bridgehead atoms. The highest BCUT2D eigenvalue weighted by molar-refractivity contribution is 9.10. The number of halogens is 1. The second kappa shape index (κ2) is 5.34. The molecular formula is C14H13BrO2. The third-order valence-electron chi connectivity index (χ3n) is 2.60. The first-order chi connectivity index (χ1) is 8.22. The Morgan fingerprint density at radius 2 is 1.82 bits per heavy atom. The third-order valence-corrected chi connectivity index (χ3v) is 3.09. The molecular weight excluding hydrogens is 280 g/mol. The van der Waals surface area contributed by atoms with Gasteiger partial charge in [-0.1, -0.05) is 46.3 Å². The van der Waals surface area contributed by atoms with E-state index in [-0.39, 0.29) is 0 Å². The van der Waals surface area contributed by atoms with Gasteiger partial charge in [0.1, 0.15) is 11.9 Å². The lowest BCUT2D eigenvalue weighted by atomic mass is 10.0. The largest absolute Gasteiger partial charge is 0.496 e. The Bertz CT molecular complexity index is 497. The van der Waals surface area contributed by atoms with Gasteiger partial charge in [0.2, 0.25) is 0 Å². The van der Waals surface area contributed by atoms with Crippen LogP contribution in [0.5, 0.6) is 5.75 Å². The van der Waals surface area contributed by atoms with Crippen LogP contribution in [0.3, 0.4) is 0 Å². The van der Waals surface area contributed by atoms with Crippen molar-refractivity contribution in [3.8, 4) is 5.75 Å². The molecule has 0 aliphatic carbocycles. The standard InChI is InChI=1S/C14H13BrO2/c1-17-13-8-7-11(15)9-12(13)14(16)10-5-3-2-4-6-10/h2-9,14,16H,1H3/t14-/m0/s1. The van der Waals surface area contributed by atoms with Crippen molar-refractivity contribution in [1.82, 2.24) is 0 Å². The normalized spacial score (nSPS) is 12.2. The van der Waals surface area contributed by atoms with Gasteiger partial charge in [0, 0.05) is 10.0 Å². The van der Waals surface area contributed by atoms with E-state index in [0.29, 0.717) is 5.75 Å². The number of benzene rings is 2. The van der Waals surface area contributed by atoms with Crippen LogP contribution in [-0.2, 0) is 0 Å². The Hall–Kier alpha value is -1.32. The van der Waals surface area contributed by atoms with Crippen molar-refractivity contribution >= 4 is 15.9 Å². The van der Waals surface area contributed by atoms with E-state index in [1.165, 1.54) is 0 Å². The van der Waals surface area contributed by atoms with Gasteiger partial charge < -0.3 is 9.84 Å². The number of methoxy groups -OCH3 is 1. The molecule has 3 heteroatoms. The van der Waals surface area contributed by atoms with E-state index in [9.17, 15) is 5.11 Å². The third kappa shape index (κ3) is 2.68. The average molecular weight is 293 g/mol. The molecule has 0 aliphatic heterocycles. The van der Waals surface area contributed by atoms with Crippen LogP contribution in [0.2, 0.25) is 0 Å². The van der Waals surface area contributed by atoms with E-state index in [4.69, 9.17) is 4.74 Å². The van der Waals surface area contributed by atoms with Gasteiger partial charge in [-0.05, 0) is 23.8 Å².